The van der Waals surface area contributed by atoms with E-state index in [4.69, 9.17) is 0 Å². The van der Waals surface area contributed by atoms with E-state index in [2.05, 4.69) is 5.10 Å². The van der Waals surface area contributed by atoms with Crippen molar-refractivity contribution < 1.29 is 12.8 Å². The number of hydrogen-bond acceptors (Lipinski definition) is 3. The molecule has 2 aromatic carbocycles. The average molecular weight is 416 g/mol. The van der Waals surface area contributed by atoms with E-state index in [0.29, 0.717) is 24.3 Å². The second kappa shape index (κ2) is 8.47. The molecule has 3 rings (SSSR count). The molecule has 0 N–H and O–H groups in total. The lowest BCUT2D eigenvalue weighted by Gasteiger charge is -2.18. The smallest absolute Gasteiger partial charge is 0.243 e. The van der Waals surface area contributed by atoms with E-state index >= 15 is 0 Å². The molecule has 3 aromatic rings. The molecule has 1 heterocycles. The first kappa shape index (κ1) is 21.2. The summed E-state index contributed by atoms with van der Waals surface area (Å²) in [7, 11) is -0.106. The summed E-state index contributed by atoms with van der Waals surface area (Å²) in [5.41, 5.74) is 4.11. The van der Waals surface area contributed by atoms with Gasteiger partial charge in [-0.3, -0.25) is 4.68 Å². The van der Waals surface area contributed by atoms with Gasteiger partial charge in [-0.1, -0.05) is 24.3 Å². The third-order valence-electron chi connectivity index (χ3n) is 4.99. The summed E-state index contributed by atoms with van der Waals surface area (Å²) in [6, 6.07) is 13.8. The Balaban J connectivity index is 1.67. The highest BCUT2D eigenvalue weighted by Gasteiger charge is 2.22. The number of halogens is 1. The van der Waals surface area contributed by atoms with Crippen molar-refractivity contribution in [1.82, 2.24) is 14.1 Å². The van der Waals surface area contributed by atoms with Crippen LogP contribution < -0.4 is 0 Å². The molecule has 0 atom stereocenters. The fourth-order valence-electron chi connectivity index (χ4n) is 3.32. The summed E-state index contributed by atoms with van der Waals surface area (Å²) in [6.07, 6.45) is 1.27. The standard InChI is InChI=1S/C22H26FN3O2S/c1-16-10-11-17(2)22(13-16)29(27,28)25(3)12-6-9-20-15-21(26(4)24-20)18-7-5-8-19(23)14-18/h5,7-8,10-11,13-15H,6,9,12H2,1-4H3. The highest BCUT2D eigenvalue weighted by molar-refractivity contribution is 7.89. The Kier molecular flexibility index (Phi) is 6.19. The zero-order valence-electron chi connectivity index (χ0n) is 17.2. The van der Waals surface area contributed by atoms with Crippen LogP contribution in [0.1, 0.15) is 23.2 Å². The maximum atomic E-state index is 13.5. The highest BCUT2D eigenvalue weighted by Crippen LogP contribution is 2.23. The first-order valence-corrected chi connectivity index (χ1v) is 10.9. The molecule has 0 saturated carbocycles. The van der Waals surface area contributed by atoms with Crippen LogP contribution in [0, 0.1) is 19.7 Å². The van der Waals surface area contributed by atoms with E-state index in [1.807, 2.05) is 45.2 Å². The minimum Gasteiger partial charge on any atom is -0.268 e. The number of nitrogens with zero attached hydrogens (tertiary/aromatic N) is 3. The molecule has 29 heavy (non-hydrogen) atoms. The Morgan fingerprint density at radius 3 is 2.59 bits per heavy atom. The van der Waals surface area contributed by atoms with E-state index < -0.39 is 10.0 Å². The number of benzene rings is 2. The van der Waals surface area contributed by atoms with Crippen molar-refractivity contribution in [1.29, 1.82) is 0 Å². The van der Waals surface area contributed by atoms with Crippen molar-refractivity contribution >= 4 is 10.0 Å². The van der Waals surface area contributed by atoms with Gasteiger partial charge in [-0.25, -0.2) is 17.1 Å². The second-order valence-corrected chi connectivity index (χ2v) is 9.37. The molecule has 0 aliphatic rings. The van der Waals surface area contributed by atoms with Gasteiger partial charge in [0.25, 0.3) is 0 Å². The van der Waals surface area contributed by atoms with Crippen molar-refractivity contribution in [2.24, 2.45) is 7.05 Å². The fraction of sp³-hybridized carbons (Fsp3) is 0.318. The molecule has 0 aliphatic heterocycles. The summed E-state index contributed by atoms with van der Waals surface area (Å²) in [6.45, 7) is 4.08. The maximum Gasteiger partial charge on any atom is 0.243 e. The van der Waals surface area contributed by atoms with Gasteiger partial charge in [-0.2, -0.15) is 5.10 Å². The van der Waals surface area contributed by atoms with Crippen molar-refractivity contribution in [2.75, 3.05) is 13.6 Å². The Bertz CT molecular complexity index is 1120. The Labute approximate surface area is 171 Å². The lowest BCUT2D eigenvalue weighted by atomic mass is 10.1. The number of aromatic nitrogens is 2. The van der Waals surface area contributed by atoms with Crippen LogP contribution in [0.4, 0.5) is 4.39 Å². The van der Waals surface area contributed by atoms with E-state index in [-0.39, 0.29) is 5.82 Å². The summed E-state index contributed by atoms with van der Waals surface area (Å²) in [5, 5.41) is 4.49. The van der Waals surface area contributed by atoms with Crippen molar-refractivity contribution in [2.45, 2.75) is 31.6 Å². The number of hydrogen-bond donors (Lipinski definition) is 0. The average Bonchev–Trinajstić information content (AvgIpc) is 3.04. The van der Waals surface area contributed by atoms with Crippen LogP contribution in [-0.2, 0) is 23.5 Å². The van der Waals surface area contributed by atoms with Gasteiger partial charge in [0.05, 0.1) is 16.3 Å². The third kappa shape index (κ3) is 4.74. The lowest BCUT2D eigenvalue weighted by Crippen LogP contribution is -2.29. The van der Waals surface area contributed by atoms with Gasteiger partial charge < -0.3 is 0 Å². The van der Waals surface area contributed by atoms with E-state index in [1.165, 1.54) is 16.4 Å². The quantitative estimate of drug-likeness (QED) is 0.584. The first-order chi connectivity index (χ1) is 13.7. The molecular weight excluding hydrogens is 389 g/mol. The normalized spacial score (nSPS) is 11.9. The Hall–Kier alpha value is -2.51. The van der Waals surface area contributed by atoms with E-state index in [1.54, 1.807) is 23.9 Å². The minimum atomic E-state index is -3.53. The summed E-state index contributed by atoms with van der Waals surface area (Å²) >= 11 is 0. The van der Waals surface area contributed by atoms with Crippen LogP contribution in [0.3, 0.4) is 0 Å². The zero-order valence-corrected chi connectivity index (χ0v) is 18.0. The predicted molar refractivity (Wildman–Crippen MR) is 113 cm³/mol. The predicted octanol–water partition coefficient (Wildman–Crippen LogP) is 4.10. The van der Waals surface area contributed by atoms with Crippen LogP contribution in [-0.4, -0.2) is 36.1 Å². The van der Waals surface area contributed by atoms with E-state index in [0.717, 1.165) is 28.1 Å². The summed E-state index contributed by atoms with van der Waals surface area (Å²) in [4.78, 5) is 0.353. The van der Waals surface area contributed by atoms with Gasteiger partial charge >= 0.3 is 0 Å². The molecule has 0 amide bonds. The number of aryl methyl sites for hydroxylation is 4. The monoisotopic (exact) mass is 415 g/mol. The molecule has 0 unspecified atom stereocenters. The van der Waals surface area contributed by atoms with Crippen LogP contribution in [0.15, 0.2) is 53.4 Å². The summed E-state index contributed by atoms with van der Waals surface area (Å²) < 4.78 is 42.4. The van der Waals surface area contributed by atoms with Gasteiger partial charge in [0.2, 0.25) is 10.0 Å². The number of rotatable bonds is 7. The summed E-state index contributed by atoms with van der Waals surface area (Å²) in [5.74, 6) is -0.288. The highest BCUT2D eigenvalue weighted by atomic mass is 32.2. The number of sulfonamides is 1. The van der Waals surface area contributed by atoms with Gasteiger partial charge in [0.1, 0.15) is 5.82 Å². The zero-order chi connectivity index (χ0) is 21.2. The molecule has 0 fully saturated rings. The molecule has 5 nitrogen and oxygen atoms in total. The van der Waals surface area contributed by atoms with Gasteiger partial charge in [0.15, 0.2) is 0 Å². The molecule has 1 aromatic heterocycles. The van der Waals surface area contributed by atoms with Crippen molar-refractivity contribution in [3.05, 3.63) is 71.2 Å². The van der Waals surface area contributed by atoms with Crippen LogP contribution >= 0.6 is 0 Å². The fourth-order valence-corrected chi connectivity index (χ4v) is 4.84. The van der Waals surface area contributed by atoms with Crippen LogP contribution in [0.5, 0.6) is 0 Å². The van der Waals surface area contributed by atoms with Crippen molar-refractivity contribution in [3.8, 4) is 11.3 Å². The lowest BCUT2D eigenvalue weighted by molar-refractivity contribution is 0.459. The minimum absolute atomic E-state index is 0.288. The molecule has 0 radical (unpaired) electrons. The maximum absolute atomic E-state index is 13.5. The molecule has 0 spiro atoms. The third-order valence-corrected chi connectivity index (χ3v) is 6.99. The largest absolute Gasteiger partial charge is 0.268 e. The van der Waals surface area contributed by atoms with Crippen LogP contribution in [0.25, 0.3) is 11.3 Å². The SMILES string of the molecule is Cc1ccc(C)c(S(=O)(=O)N(C)CCCc2cc(-c3cccc(F)c3)n(C)n2)c1. The molecule has 7 heteroatoms. The topological polar surface area (TPSA) is 55.2 Å². The van der Waals surface area contributed by atoms with Crippen molar-refractivity contribution in [3.63, 3.8) is 0 Å². The molecule has 154 valence electrons. The van der Waals surface area contributed by atoms with Crippen LogP contribution in [0.2, 0.25) is 0 Å². The molecular formula is C22H26FN3O2S. The Morgan fingerprint density at radius 1 is 1.10 bits per heavy atom. The second-order valence-electron chi connectivity index (χ2n) is 7.35. The Morgan fingerprint density at radius 2 is 1.86 bits per heavy atom. The van der Waals surface area contributed by atoms with Gasteiger partial charge in [-0.05, 0) is 62.1 Å². The van der Waals surface area contributed by atoms with Gasteiger partial charge in [0, 0.05) is 26.2 Å². The van der Waals surface area contributed by atoms with E-state index in [9.17, 15) is 12.8 Å². The molecule has 0 aliphatic carbocycles. The molecule has 0 saturated heterocycles. The molecule has 0 bridgehead atoms. The first-order valence-electron chi connectivity index (χ1n) is 9.51. The van der Waals surface area contributed by atoms with Gasteiger partial charge in [-0.15, -0.1) is 0 Å².